The van der Waals surface area contributed by atoms with Crippen LogP contribution in [0.3, 0.4) is 0 Å². The Morgan fingerprint density at radius 2 is 1.22 bits per heavy atom. The first-order chi connectivity index (χ1) is 25.3. The fourth-order valence-electron chi connectivity index (χ4n) is 9.26. The first-order valence-corrected chi connectivity index (χ1v) is 18.4. The Kier molecular flexibility index (Phi) is 6.43. The molecule has 1 heterocycles. The van der Waals surface area contributed by atoms with E-state index in [0.29, 0.717) is 11.8 Å². The molecular formula is C49H36N2. The van der Waals surface area contributed by atoms with Crippen LogP contribution in [0.25, 0.3) is 44.2 Å². The molecule has 2 heteroatoms. The number of aryl methyl sites for hydroxylation is 2. The van der Waals surface area contributed by atoms with Crippen LogP contribution in [0.5, 0.6) is 0 Å². The number of benzene rings is 7. The molecule has 7 aromatic carbocycles. The van der Waals surface area contributed by atoms with Gasteiger partial charge in [0.25, 0.3) is 0 Å². The SMILES string of the molecule is c1ccc(C2=NC(c3ccccc3)=NC(c3ccc4c(c3)-c3ccc(-c5cc6c(c7ccccc57)CCc5ccccc5-6)cc3C3CC43)C2)cc1. The van der Waals surface area contributed by atoms with Gasteiger partial charge in [-0.05, 0) is 121 Å². The zero-order valence-electron chi connectivity index (χ0n) is 28.4. The second-order valence-electron chi connectivity index (χ2n) is 14.7. The van der Waals surface area contributed by atoms with Gasteiger partial charge in [0.1, 0.15) is 0 Å². The second-order valence-corrected chi connectivity index (χ2v) is 14.7. The van der Waals surface area contributed by atoms with Crippen molar-refractivity contribution in [3.63, 3.8) is 0 Å². The van der Waals surface area contributed by atoms with Gasteiger partial charge in [-0.15, -0.1) is 0 Å². The molecule has 0 amide bonds. The van der Waals surface area contributed by atoms with Crippen LogP contribution in [0.15, 0.2) is 162 Å². The van der Waals surface area contributed by atoms with Crippen LogP contribution < -0.4 is 0 Å². The Hall–Kier alpha value is -5.86. The molecule has 4 aliphatic rings. The lowest BCUT2D eigenvalue weighted by Gasteiger charge is -2.26. The number of rotatable bonds is 4. The highest BCUT2D eigenvalue weighted by atomic mass is 15.0. The molecular weight excluding hydrogens is 617 g/mol. The van der Waals surface area contributed by atoms with E-state index in [0.717, 1.165) is 36.4 Å². The second kappa shape index (κ2) is 11.3. The van der Waals surface area contributed by atoms with Crippen LogP contribution >= 0.6 is 0 Å². The molecule has 0 N–H and O–H groups in total. The minimum atomic E-state index is 0.00241. The molecule has 11 rings (SSSR count). The Morgan fingerprint density at radius 3 is 2.08 bits per heavy atom. The molecule has 0 aromatic heterocycles. The predicted octanol–water partition coefficient (Wildman–Crippen LogP) is 11.9. The molecule has 1 saturated carbocycles. The maximum absolute atomic E-state index is 5.30. The summed E-state index contributed by atoms with van der Waals surface area (Å²) >= 11 is 0. The maximum Gasteiger partial charge on any atom is 0.155 e. The average Bonchev–Trinajstić information content (AvgIpc) is 4.02. The van der Waals surface area contributed by atoms with E-state index in [1.807, 2.05) is 0 Å². The molecule has 7 aromatic rings. The summed E-state index contributed by atoms with van der Waals surface area (Å²) in [5.74, 6) is 2.01. The van der Waals surface area contributed by atoms with E-state index in [-0.39, 0.29) is 6.04 Å². The van der Waals surface area contributed by atoms with Crippen molar-refractivity contribution in [3.8, 4) is 33.4 Å². The Bertz CT molecular complexity index is 2590. The molecule has 0 radical (unpaired) electrons. The highest BCUT2D eigenvalue weighted by molar-refractivity contribution is 6.14. The van der Waals surface area contributed by atoms with Gasteiger partial charge >= 0.3 is 0 Å². The normalized spacial score (nSPS) is 19.5. The van der Waals surface area contributed by atoms with E-state index in [1.165, 1.54) is 84.0 Å². The van der Waals surface area contributed by atoms with Crippen molar-refractivity contribution < 1.29 is 0 Å². The summed E-state index contributed by atoms with van der Waals surface area (Å²) in [5.41, 5.74) is 18.8. The lowest BCUT2D eigenvalue weighted by atomic mass is 9.79. The van der Waals surface area contributed by atoms with Crippen molar-refractivity contribution in [2.75, 3.05) is 0 Å². The van der Waals surface area contributed by atoms with Gasteiger partial charge in [0, 0.05) is 12.0 Å². The third-order valence-electron chi connectivity index (χ3n) is 11.9. The number of amidine groups is 1. The number of fused-ring (bicyclic) bond motifs is 11. The molecule has 51 heavy (non-hydrogen) atoms. The van der Waals surface area contributed by atoms with Crippen LogP contribution in [0.1, 0.15) is 69.7 Å². The molecule has 242 valence electrons. The molecule has 3 aliphatic carbocycles. The lowest BCUT2D eigenvalue weighted by Crippen LogP contribution is -2.17. The summed E-state index contributed by atoms with van der Waals surface area (Å²) in [5, 5.41) is 2.76. The number of hydrogen-bond acceptors (Lipinski definition) is 2. The van der Waals surface area contributed by atoms with Gasteiger partial charge in [-0.25, -0.2) is 4.99 Å². The average molecular weight is 653 g/mol. The van der Waals surface area contributed by atoms with Crippen LogP contribution in [0, 0.1) is 0 Å². The van der Waals surface area contributed by atoms with E-state index in [9.17, 15) is 0 Å². The summed E-state index contributed by atoms with van der Waals surface area (Å²) in [7, 11) is 0. The van der Waals surface area contributed by atoms with Crippen molar-refractivity contribution in [2.45, 2.75) is 43.6 Å². The van der Waals surface area contributed by atoms with E-state index in [2.05, 4.69) is 152 Å². The molecule has 1 aliphatic heterocycles. The van der Waals surface area contributed by atoms with Gasteiger partial charge in [-0.2, -0.15) is 0 Å². The van der Waals surface area contributed by atoms with Crippen molar-refractivity contribution in [2.24, 2.45) is 9.98 Å². The minimum absolute atomic E-state index is 0.00241. The van der Waals surface area contributed by atoms with Crippen molar-refractivity contribution in [1.29, 1.82) is 0 Å². The standard InChI is InChI=1S/C49H36N2/c1-3-12-31(13-4-1)47-29-48(51-49(50-47)32-14-5-2-6-15-32)34-21-24-40-42(26-34)39-23-20-33(25-43(39)46-28-45(40)46)41-27-44-35-16-8-7-11-30(35)19-22-38(44)36-17-9-10-18-37(36)41/h1-18,20-21,23-27,45-46,48H,19,22,28-29H2. The summed E-state index contributed by atoms with van der Waals surface area (Å²) < 4.78 is 0. The highest BCUT2D eigenvalue weighted by Gasteiger charge is 2.45. The fraction of sp³-hybridized carbons (Fsp3) is 0.143. The largest absolute Gasteiger partial charge is 0.258 e. The molecule has 3 unspecified atom stereocenters. The quantitative estimate of drug-likeness (QED) is 0.181. The van der Waals surface area contributed by atoms with Crippen LogP contribution in [0.2, 0.25) is 0 Å². The first-order valence-electron chi connectivity index (χ1n) is 18.4. The summed E-state index contributed by atoms with van der Waals surface area (Å²) in [4.78, 5) is 10.4. The predicted molar refractivity (Wildman–Crippen MR) is 211 cm³/mol. The third kappa shape index (κ3) is 4.70. The Labute approximate surface area is 298 Å². The fourth-order valence-corrected chi connectivity index (χ4v) is 9.26. The lowest BCUT2D eigenvalue weighted by molar-refractivity contribution is 0.753. The minimum Gasteiger partial charge on any atom is -0.258 e. The van der Waals surface area contributed by atoms with E-state index < -0.39 is 0 Å². The van der Waals surface area contributed by atoms with Gasteiger partial charge in [0.05, 0.1) is 11.8 Å². The van der Waals surface area contributed by atoms with E-state index in [1.54, 1.807) is 0 Å². The summed E-state index contributed by atoms with van der Waals surface area (Å²) in [6.07, 6.45) is 4.21. The van der Waals surface area contributed by atoms with Gasteiger partial charge in [-0.3, -0.25) is 4.99 Å². The number of hydrogen-bond donors (Lipinski definition) is 0. The van der Waals surface area contributed by atoms with Crippen LogP contribution in [-0.2, 0) is 12.8 Å². The van der Waals surface area contributed by atoms with Crippen molar-refractivity contribution in [3.05, 3.63) is 191 Å². The molecule has 0 saturated heterocycles. The van der Waals surface area contributed by atoms with Crippen LogP contribution in [0.4, 0.5) is 0 Å². The Morgan fingerprint density at radius 1 is 0.471 bits per heavy atom. The summed E-state index contributed by atoms with van der Waals surface area (Å²) in [6.45, 7) is 0. The van der Waals surface area contributed by atoms with Gasteiger partial charge in [0.2, 0.25) is 0 Å². The highest BCUT2D eigenvalue weighted by Crippen LogP contribution is 2.63. The molecule has 0 bridgehead atoms. The number of nitrogens with zero attached hydrogens (tertiary/aromatic N) is 2. The van der Waals surface area contributed by atoms with Gasteiger partial charge in [0.15, 0.2) is 5.84 Å². The Balaban J connectivity index is 1.02. The van der Waals surface area contributed by atoms with Crippen molar-refractivity contribution in [1.82, 2.24) is 0 Å². The molecule has 1 fully saturated rings. The van der Waals surface area contributed by atoms with Crippen molar-refractivity contribution >= 4 is 22.3 Å². The topological polar surface area (TPSA) is 24.7 Å². The smallest absolute Gasteiger partial charge is 0.155 e. The first kappa shape index (κ1) is 28.9. The monoisotopic (exact) mass is 652 g/mol. The zero-order chi connectivity index (χ0) is 33.5. The zero-order valence-corrected chi connectivity index (χ0v) is 28.4. The van der Waals surface area contributed by atoms with Gasteiger partial charge < -0.3 is 0 Å². The van der Waals surface area contributed by atoms with Crippen LogP contribution in [-0.4, -0.2) is 11.5 Å². The molecule has 3 atom stereocenters. The molecule has 0 spiro atoms. The van der Waals surface area contributed by atoms with E-state index in [4.69, 9.17) is 9.98 Å². The van der Waals surface area contributed by atoms with E-state index >= 15 is 0 Å². The third-order valence-corrected chi connectivity index (χ3v) is 11.9. The molecule has 2 nitrogen and oxygen atoms in total. The summed E-state index contributed by atoms with van der Waals surface area (Å²) in [6, 6.07) is 56.1. The number of aliphatic imine (C=N–C) groups is 2. The maximum atomic E-state index is 5.30. The van der Waals surface area contributed by atoms with Gasteiger partial charge in [-0.1, -0.05) is 140 Å².